The highest BCUT2D eigenvalue weighted by atomic mass is 16.5. The second-order valence-electron chi connectivity index (χ2n) is 5.34. The van der Waals surface area contributed by atoms with Crippen molar-refractivity contribution in [3.8, 4) is 5.75 Å². The quantitative estimate of drug-likeness (QED) is 0.787. The van der Waals surface area contributed by atoms with Gasteiger partial charge >= 0.3 is 0 Å². The van der Waals surface area contributed by atoms with E-state index in [4.69, 9.17) is 9.84 Å². The molecule has 0 aliphatic heterocycles. The monoisotopic (exact) mass is 313 g/mol. The van der Waals surface area contributed by atoms with Crippen molar-refractivity contribution < 1.29 is 14.6 Å². The SMILES string of the molecule is COc1ccc(CCCO)c(C(=O)NCCc2ccccc2)c1. The number of aliphatic hydroxyl groups is 1. The number of methoxy groups -OCH3 is 1. The molecule has 0 saturated carbocycles. The number of benzene rings is 2. The lowest BCUT2D eigenvalue weighted by Gasteiger charge is -2.12. The summed E-state index contributed by atoms with van der Waals surface area (Å²) in [5.74, 6) is 0.554. The van der Waals surface area contributed by atoms with Crippen LogP contribution in [0.3, 0.4) is 0 Å². The first-order chi connectivity index (χ1) is 11.2. The van der Waals surface area contributed by atoms with Crippen LogP contribution in [0.2, 0.25) is 0 Å². The van der Waals surface area contributed by atoms with E-state index in [1.807, 2.05) is 42.5 Å². The van der Waals surface area contributed by atoms with E-state index in [0.29, 0.717) is 30.7 Å². The Kier molecular flexibility index (Phi) is 6.63. The van der Waals surface area contributed by atoms with Crippen LogP contribution in [0, 0.1) is 0 Å². The highest BCUT2D eigenvalue weighted by Gasteiger charge is 2.12. The number of hydrogen-bond acceptors (Lipinski definition) is 3. The molecule has 0 bridgehead atoms. The summed E-state index contributed by atoms with van der Waals surface area (Å²) in [6.07, 6.45) is 2.10. The molecule has 0 aliphatic carbocycles. The summed E-state index contributed by atoms with van der Waals surface area (Å²) in [7, 11) is 1.58. The molecule has 0 spiro atoms. The van der Waals surface area contributed by atoms with Crippen molar-refractivity contribution in [3.63, 3.8) is 0 Å². The number of carbonyl (C=O) groups excluding carboxylic acids is 1. The molecule has 0 aliphatic rings. The predicted molar refractivity (Wildman–Crippen MR) is 90.9 cm³/mol. The number of rotatable bonds is 8. The maximum atomic E-state index is 12.5. The van der Waals surface area contributed by atoms with E-state index in [1.54, 1.807) is 13.2 Å². The molecule has 0 aromatic heterocycles. The fourth-order valence-corrected chi connectivity index (χ4v) is 2.44. The molecule has 2 aromatic carbocycles. The Bertz CT molecular complexity index is 626. The fourth-order valence-electron chi connectivity index (χ4n) is 2.44. The molecule has 23 heavy (non-hydrogen) atoms. The standard InChI is InChI=1S/C19H23NO3/c1-23-17-10-9-16(8-5-13-21)18(14-17)19(22)20-12-11-15-6-3-2-4-7-15/h2-4,6-7,9-10,14,21H,5,8,11-13H2,1H3,(H,20,22). The van der Waals surface area contributed by atoms with Gasteiger partial charge in [0.05, 0.1) is 7.11 Å². The molecule has 122 valence electrons. The van der Waals surface area contributed by atoms with Crippen LogP contribution in [0.1, 0.15) is 27.9 Å². The fraction of sp³-hybridized carbons (Fsp3) is 0.316. The summed E-state index contributed by atoms with van der Waals surface area (Å²) in [4.78, 5) is 12.5. The van der Waals surface area contributed by atoms with Gasteiger partial charge in [0, 0.05) is 18.7 Å². The third-order valence-electron chi connectivity index (χ3n) is 3.71. The van der Waals surface area contributed by atoms with Crippen LogP contribution in [-0.2, 0) is 12.8 Å². The van der Waals surface area contributed by atoms with E-state index in [9.17, 15) is 4.79 Å². The van der Waals surface area contributed by atoms with E-state index in [1.165, 1.54) is 5.56 Å². The van der Waals surface area contributed by atoms with Gasteiger partial charge in [-0.1, -0.05) is 36.4 Å². The van der Waals surface area contributed by atoms with Gasteiger partial charge in [0.25, 0.3) is 5.91 Å². The highest BCUT2D eigenvalue weighted by molar-refractivity contribution is 5.96. The Morgan fingerprint density at radius 1 is 1.13 bits per heavy atom. The summed E-state index contributed by atoms with van der Waals surface area (Å²) in [5, 5.41) is 12.0. The van der Waals surface area contributed by atoms with Gasteiger partial charge in [0.15, 0.2) is 0 Å². The lowest BCUT2D eigenvalue weighted by atomic mass is 10.0. The third kappa shape index (κ3) is 5.11. The van der Waals surface area contributed by atoms with Crippen LogP contribution in [0.5, 0.6) is 5.75 Å². The Labute approximate surface area is 137 Å². The van der Waals surface area contributed by atoms with Crippen LogP contribution in [0.4, 0.5) is 0 Å². The minimum atomic E-state index is -0.104. The predicted octanol–water partition coefficient (Wildman–Crippen LogP) is 2.59. The van der Waals surface area contributed by atoms with Gasteiger partial charge < -0.3 is 15.2 Å². The summed E-state index contributed by atoms with van der Waals surface area (Å²) in [6.45, 7) is 0.695. The molecule has 4 nitrogen and oxygen atoms in total. The second-order valence-corrected chi connectivity index (χ2v) is 5.34. The van der Waals surface area contributed by atoms with Gasteiger partial charge in [-0.2, -0.15) is 0 Å². The van der Waals surface area contributed by atoms with E-state index in [0.717, 1.165) is 12.0 Å². The molecule has 0 fully saturated rings. The minimum Gasteiger partial charge on any atom is -0.497 e. The molecule has 0 saturated heterocycles. The Morgan fingerprint density at radius 2 is 1.91 bits per heavy atom. The third-order valence-corrected chi connectivity index (χ3v) is 3.71. The molecule has 2 aromatic rings. The second kappa shape index (κ2) is 8.96. The van der Waals surface area contributed by atoms with Gasteiger partial charge in [-0.3, -0.25) is 4.79 Å². The van der Waals surface area contributed by atoms with Gasteiger partial charge in [-0.25, -0.2) is 0 Å². The number of aryl methyl sites for hydroxylation is 1. The average Bonchev–Trinajstić information content (AvgIpc) is 2.60. The van der Waals surface area contributed by atoms with Crippen molar-refractivity contribution in [3.05, 3.63) is 65.2 Å². The van der Waals surface area contributed by atoms with Gasteiger partial charge in [-0.05, 0) is 42.5 Å². The van der Waals surface area contributed by atoms with Crippen LogP contribution in [0.15, 0.2) is 48.5 Å². The largest absolute Gasteiger partial charge is 0.497 e. The molecule has 0 atom stereocenters. The van der Waals surface area contributed by atoms with Crippen molar-refractivity contribution in [1.29, 1.82) is 0 Å². The topological polar surface area (TPSA) is 58.6 Å². The zero-order valence-electron chi connectivity index (χ0n) is 13.4. The number of hydrogen-bond donors (Lipinski definition) is 2. The van der Waals surface area contributed by atoms with Gasteiger partial charge in [0.1, 0.15) is 5.75 Å². The molecule has 0 heterocycles. The zero-order chi connectivity index (χ0) is 16.5. The Hall–Kier alpha value is -2.33. The summed E-state index contributed by atoms with van der Waals surface area (Å²) in [6, 6.07) is 15.5. The number of nitrogens with one attached hydrogen (secondary N) is 1. The maximum Gasteiger partial charge on any atom is 0.251 e. The van der Waals surface area contributed by atoms with Crippen molar-refractivity contribution in [1.82, 2.24) is 5.32 Å². The summed E-state index contributed by atoms with van der Waals surface area (Å²) >= 11 is 0. The van der Waals surface area contributed by atoms with Crippen molar-refractivity contribution >= 4 is 5.91 Å². The molecule has 2 N–H and O–H groups in total. The molecule has 0 unspecified atom stereocenters. The van der Waals surface area contributed by atoms with E-state index >= 15 is 0 Å². The first-order valence-electron chi connectivity index (χ1n) is 7.84. The van der Waals surface area contributed by atoms with Crippen LogP contribution in [-0.4, -0.2) is 31.3 Å². The number of amides is 1. The lowest BCUT2D eigenvalue weighted by Crippen LogP contribution is -2.26. The maximum absolute atomic E-state index is 12.5. The average molecular weight is 313 g/mol. The number of ether oxygens (including phenoxy) is 1. The number of carbonyl (C=O) groups is 1. The lowest BCUT2D eigenvalue weighted by molar-refractivity contribution is 0.0952. The molecule has 2 rings (SSSR count). The minimum absolute atomic E-state index is 0.104. The molecule has 1 amide bonds. The van der Waals surface area contributed by atoms with E-state index in [2.05, 4.69) is 5.32 Å². The van der Waals surface area contributed by atoms with Gasteiger partial charge in [-0.15, -0.1) is 0 Å². The van der Waals surface area contributed by atoms with Crippen molar-refractivity contribution in [2.75, 3.05) is 20.3 Å². The number of aliphatic hydroxyl groups excluding tert-OH is 1. The van der Waals surface area contributed by atoms with Crippen LogP contribution < -0.4 is 10.1 Å². The van der Waals surface area contributed by atoms with Gasteiger partial charge in [0.2, 0.25) is 0 Å². The van der Waals surface area contributed by atoms with E-state index < -0.39 is 0 Å². The summed E-state index contributed by atoms with van der Waals surface area (Å²) in [5.41, 5.74) is 2.74. The Morgan fingerprint density at radius 3 is 2.61 bits per heavy atom. The van der Waals surface area contributed by atoms with Crippen molar-refractivity contribution in [2.24, 2.45) is 0 Å². The zero-order valence-corrected chi connectivity index (χ0v) is 13.4. The smallest absolute Gasteiger partial charge is 0.251 e. The van der Waals surface area contributed by atoms with Crippen LogP contribution in [0.25, 0.3) is 0 Å². The molecular weight excluding hydrogens is 290 g/mol. The normalized spacial score (nSPS) is 10.3. The first-order valence-corrected chi connectivity index (χ1v) is 7.84. The summed E-state index contributed by atoms with van der Waals surface area (Å²) < 4.78 is 5.21. The molecular formula is C19H23NO3. The first kappa shape index (κ1) is 17.0. The Balaban J connectivity index is 2.01. The van der Waals surface area contributed by atoms with E-state index in [-0.39, 0.29) is 12.5 Å². The van der Waals surface area contributed by atoms with Crippen LogP contribution >= 0.6 is 0 Å². The molecule has 4 heteroatoms. The molecule has 0 radical (unpaired) electrons. The van der Waals surface area contributed by atoms with Crippen molar-refractivity contribution in [2.45, 2.75) is 19.3 Å². The highest BCUT2D eigenvalue weighted by Crippen LogP contribution is 2.19.